The van der Waals surface area contributed by atoms with E-state index in [0.717, 1.165) is 0 Å². The van der Waals surface area contributed by atoms with Crippen LogP contribution in [0.5, 0.6) is 5.75 Å². The van der Waals surface area contributed by atoms with Crippen molar-refractivity contribution in [3.05, 3.63) is 23.8 Å². The first-order valence-electron chi connectivity index (χ1n) is 11.1. The van der Waals surface area contributed by atoms with Crippen LogP contribution < -0.4 is 10.1 Å². The topological polar surface area (TPSA) is 88.2 Å². The fourth-order valence-corrected chi connectivity index (χ4v) is 3.79. The minimum atomic E-state index is -4.64. The van der Waals surface area contributed by atoms with Gasteiger partial charge in [-0.3, -0.25) is 14.4 Å². The average Bonchev–Trinajstić information content (AvgIpc) is 2.76. The van der Waals surface area contributed by atoms with Crippen molar-refractivity contribution in [1.29, 1.82) is 0 Å². The number of amides is 3. The van der Waals surface area contributed by atoms with E-state index in [4.69, 9.17) is 9.47 Å². The molecule has 1 aromatic carbocycles. The van der Waals surface area contributed by atoms with Gasteiger partial charge >= 0.3 is 6.18 Å². The first-order chi connectivity index (χ1) is 15.9. The molecule has 0 saturated heterocycles. The average molecular weight is 488 g/mol. The van der Waals surface area contributed by atoms with Gasteiger partial charge in [-0.1, -0.05) is 13.8 Å². The molecule has 1 heterocycles. The summed E-state index contributed by atoms with van der Waals surface area (Å²) in [5.41, 5.74) is 0.244. The Kier molecular flexibility index (Phi) is 9.31. The summed E-state index contributed by atoms with van der Waals surface area (Å²) >= 11 is 0. The van der Waals surface area contributed by atoms with Gasteiger partial charge in [0.15, 0.2) is 0 Å². The number of fused-ring (bicyclic) bond motifs is 1. The molecule has 1 aliphatic heterocycles. The van der Waals surface area contributed by atoms with E-state index in [-0.39, 0.29) is 60.0 Å². The third kappa shape index (κ3) is 7.34. The standard InChI is InChI=1S/C23H32F3N3O5/c1-6-21(31)29-11-14(2)19(33-5)12-28(4)22(32)17-8-7-16(9-18(17)34-13-15(29)3)27-20(30)10-23(24,25)26/h7-9,14-15,19H,6,10-13H2,1-5H3,(H,27,30)/t14-,15-,19+/m0/s1. The number of halogens is 3. The van der Waals surface area contributed by atoms with Crippen LogP contribution >= 0.6 is 0 Å². The van der Waals surface area contributed by atoms with Crippen molar-refractivity contribution < 1.29 is 37.0 Å². The third-order valence-electron chi connectivity index (χ3n) is 5.71. The highest BCUT2D eigenvalue weighted by Gasteiger charge is 2.32. The summed E-state index contributed by atoms with van der Waals surface area (Å²) in [5, 5.41) is 2.18. The van der Waals surface area contributed by atoms with E-state index in [1.54, 1.807) is 26.0 Å². The van der Waals surface area contributed by atoms with Gasteiger partial charge in [0.25, 0.3) is 5.91 Å². The van der Waals surface area contributed by atoms with Crippen LogP contribution in [-0.4, -0.2) is 79.7 Å². The molecule has 0 aromatic heterocycles. The number of carbonyl (C=O) groups is 3. The van der Waals surface area contributed by atoms with Crippen LogP contribution in [0.2, 0.25) is 0 Å². The van der Waals surface area contributed by atoms with E-state index < -0.39 is 18.5 Å². The number of nitrogens with one attached hydrogen (secondary N) is 1. The number of methoxy groups -OCH3 is 1. The molecule has 0 unspecified atom stereocenters. The first kappa shape index (κ1) is 27.4. The highest BCUT2D eigenvalue weighted by atomic mass is 19.4. The monoisotopic (exact) mass is 487 g/mol. The van der Waals surface area contributed by atoms with Crippen LogP contribution in [0.25, 0.3) is 0 Å². The van der Waals surface area contributed by atoms with Gasteiger partial charge < -0.3 is 24.6 Å². The van der Waals surface area contributed by atoms with Gasteiger partial charge in [0.05, 0.1) is 17.7 Å². The van der Waals surface area contributed by atoms with E-state index >= 15 is 0 Å². The van der Waals surface area contributed by atoms with Crippen molar-refractivity contribution >= 4 is 23.4 Å². The molecule has 0 spiro atoms. The molecule has 11 heteroatoms. The first-order valence-corrected chi connectivity index (χ1v) is 11.1. The smallest absolute Gasteiger partial charge is 0.397 e. The molecule has 0 bridgehead atoms. The van der Waals surface area contributed by atoms with Crippen molar-refractivity contribution in [2.75, 3.05) is 39.2 Å². The number of likely N-dealkylation sites (N-methyl/N-ethyl adjacent to an activating group) is 1. The van der Waals surface area contributed by atoms with Crippen molar-refractivity contribution in [3.8, 4) is 5.75 Å². The molecule has 1 N–H and O–H groups in total. The Balaban J connectivity index is 2.41. The van der Waals surface area contributed by atoms with E-state index in [1.807, 2.05) is 13.8 Å². The Morgan fingerprint density at radius 2 is 1.91 bits per heavy atom. The zero-order valence-corrected chi connectivity index (χ0v) is 20.1. The van der Waals surface area contributed by atoms with Gasteiger partial charge in [0, 0.05) is 51.3 Å². The second-order valence-electron chi connectivity index (χ2n) is 8.55. The molecule has 1 aliphatic rings. The molecule has 3 amide bonds. The Bertz CT molecular complexity index is 893. The normalized spacial score (nSPS) is 22.2. The van der Waals surface area contributed by atoms with Crippen LogP contribution in [-0.2, 0) is 14.3 Å². The molecule has 34 heavy (non-hydrogen) atoms. The van der Waals surface area contributed by atoms with Crippen LogP contribution in [0.3, 0.4) is 0 Å². The summed E-state index contributed by atoms with van der Waals surface area (Å²) in [7, 11) is 3.15. The van der Waals surface area contributed by atoms with Gasteiger partial charge in [-0.25, -0.2) is 0 Å². The van der Waals surface area contributed by atoms with Gasteiger partial charge in [0.2, 0.25) is 11.8 Å². The minimum absolute atomic E-state index is 0.0417. The Hall–Kier alpha value is -2.82. The largest absolute Gasteiger partial charge is 0.491 e. The molecule has 0 saturated carbocycles. The number of ether oxygens (including phenoxy) is 2. The number of anilines is 1. The number of nitrogens with zero attached hydrogens (tertiary/aromatic N) is 2. The fraction of sp³-hybridized carbons (Fsp3) is 0.609. The minimum Gasteiger partial charge on any atom is -0.491 e. The molecule has 0 aliphatic carbocycles. The molecule has 2 rings (SSSR count). The lowest BCUT2D eigenvalue weighted by Gasteiger charge is -2.36. The highest BCUT2D eigenvalue weighted by Crippen LogP contribution is 2.28. The zero-order chi connectivity index (χ0) is 25.6. The summed E-state index contributed by atoms with van der Waals surface area (Å²) < 4.78 is 49.0. The van der Waals surface area contributed by atoms with Crippen molar-refractivity contribution in [2.24, 2.45) is 5.92 Å². The van der Waals surface area contributed by atoms with E-state index in [9.17, 15) is 27.6 Å². The van der Waals surface area contributed by atoms with Crippen molar-refractivity contribution in [1.82, 2.24) is 9.80 Å². The lowest BCUT2D eigenvalue weighted by atomic mass is 10.0. The van der Waals surface area contributed by atoms with Gasteiger partial charge in [-0.15, -0.1) is 0 Å². The number of rotatable bonds is 4. The molecule has 0 fully saturated rings. The van der Waals surface area contributed by atoms with E-state index in [2.05, 4.69) is 5.32 Å². The number of hydrogen-bond acceptors (Lipinski definition) is 5. The van der Waals surface area contributed by atoms with Gasteiger partial charge in [-0.2, -0.15) is 13.2 Å². The summed E-state index contributed by atoms with van der Waals surface area (Å²) in [4.78, 5) is 40.6. The quantitative estimate of drug-likeness (QED) is 0.704. The predicted octanol–water partition coefficient (Wildman–Crippen LogP) is 3.32. The Labute approximate surface area is 197 Å². The molecule has 3 atom stereocenters. The van der Waals surface area contributed by atoms with E-state index in [1.165, 1.54) is 23.1 Å². The molecule has 8 nitrogen and oxygen atoms in total. The number of hydrogen-bond donors (Lipinski definition) is 1. The SMILES string of the molecule is CCC(=O)N1C[C@H](C)[C@H](OC)CN(C)C(=O)c2ccc(NC(=O)CC(F)(F)F)cc2OC[C@@H]1C. The number of benzene rings is 1. The Morgan fingerprint density at radius 3 is 2.50 bits per heavy atom. The van der Waals surface area contributed by atoms with Crippen molar-refractivity contribution in [2.45, 2.75) is 51.9 Å². The number of carbonyl (C=O) groups excluding carboxylic acids is 3. The molecular weight excluding hydrogens is 455 g/mol. The van der Waals surface area contributed by atoms with Gasteiger partial charge in [-0.05, 0) is 19.1 Å². The zero-order valence-electron chi connectivity index (χ0n) is 20.1. The third-order valence-corrected chi connectivity index (χ3v) is 5.71. The van der Waals surface area contributed by atoms with Crippen LogP contribution in [0.4, 0.5) is 18.9 Å². The second kappa shape index (κ2) is 11.5. The maximum atomic E-state index is 13.1. The summed E-state index contributed by atoms with van der Waals surface area (Å²) in [6, 6.07) is 3.71. The Morgan fingerprint density at radius 1 is 1.24 bits per heavy atom. The van der Waals surface area contributed by atoms with Crippen LogP contribution in [0.1, 0.15) is 44.0 Å². The molecule has 190 valence electrons. The fourth-order valence-electron chi connectivity index (χ4n) is 3.79. The maximum Gasteiger partial charge on any atom is 0.397 e. The molecule has 0 radical (unpaired) electrons. The van der Waals surface area contributed by atoms with Gasteiger partial charge in [0.1, 0.15) is 18.8 Å². The van der Waals surface area contributed by atoms with Crippen LogP contribution in [0, 0.1) is 5.92 Å². The van der Waals surface area contributed by atoms with Crippen LogP contribution in [0.15, 0.2) is 18.2 Å². The lowest BCUT2D eigenvalue weighted by Crippen LogP contribution is -2.48. The summed E-state index contributed by atoms with van der Waals surface area (Å²) in [6.07, 6.45) is -6.30. The highest BCUT2D eigenvalue weighted by molar-refractivity contribution is 5.98. The lowest BCUT2D eigenvalue weighted by molar-refractivity contribution is -0.150. The predicted molar refractivity (Wildman–Crippen MR) is 120 cm³/mol. The summed E-state index contributed by atoms with van der Waals surface area (Å²) in [5.74, 6) is -1.63. The maximum absolute atomic E-state index is 13.1. The summed E-state index contributed by atoms with van der Waals surface area (Å²) in [6.45, 7) is 6.23. The molecular formula is C23H32F3N3O5. The number of alkyl halides is 3. The van der Waals surface area contributed by atoms with E-state index in [0.29, 0.717) is 13.0 Å². The second-order valence-corrected chi connectivity index (χ2v) is 8.55. The molecule has 1 aromatic rings. The van der Waals surface area contributed by atoms with Crippen molar-refractivity contribution in [3.63, 3.8) is 0 Å².